The van der Waals surface area contributed by atoms with Gasteiger partial charge >= 0.3 is 0 Å². The number of aryl methyl sites for hydroxylation is 2. The van der Waals surface area contributed by atoms with Crippen LogP contribution in [0.1, 0.15) is 20.9 Å². The third-order valence-electron chi connectivity index (χ3n) is 3.89. The number of carbonyl (C=O) groups excluding carboxylic acids is 2. The van der Waals surface area contributed by atoms with Crippen LogP contribution in [0.3, 0.4) is 0 Å². The van der Waals surface area contributed by atoms with Gasteiger partial charge in [0.05, 0.1) is 16.9 Å². The molecule has 0 bridgehead atoms. The van der Waals surface area contributed by atoms with Crippen LogP contribution in [-0.2, 0) is 4.79 Å². The maximum absolute atomic E-state index is 13.6. The van der Waals surface area contributed by atoms with E-state index in [1.165, 1.54) is 29.5 Å². The number of hydrogen-bond donors (Lipinski definition) is 2. The predicted octanol–water partition coefficient (Wildman–Crippen LogP) is 4.17. The van der Waals surface area contributed by atoms with Crippen LogP contribution in [-0.4, -0.2) is 23.4 Å². The highest BCUT2D eigenvalue weighted by atomic mass is 32.1. The van der Waals surface area contributed by atoms with Crippen molar-refractivity contribution in [2.24, 2.45) is 0 Å². The predicted molar refractivity (Wildman–Crippen MR) is 107 cm³/mol. The number of amides is 2. The molecule has 0 saturated carbocycles. The molecule has 2 N–H and O–H groups in total. The average Bonchev–Trinajstić information content (AvgIpc) is 2.99. The monoisotopic (exact) mass is 399 g/mol. The van der Waals surface area contributed by atoms with Crippen LogP contribution < -0.4 is 15.4 Å². The van der Waals surface area contributed by atoms with E-state index in [2.05, 4.69) is 15.6 Å². The van der Waals surface area contributed by atoms with Gasteiger partial charge in [-0.15, -0.1) is 11.3 Å². The summed E-state index contributed by atoms with van der Waals surface area (Å²) in [6.07, 6.45) is 0. The molecule has 28 heavy (non-hydrogen) atoms. The van der Waals surface area contributed by atoms with Crippen molar-refractivity contribution >= 4 is 34.0 Å². The maximum Gasteiger partial charge on any atom is 0.262 e. The molecule has 0 radical (unpaired) electrons. The fourth-order valence-corrected chi connectivity index (χ4v) is 3.17. The van der Waals surface area contributed by atoms with E-state index < -0.39 is 11.7 Å². The zero-order valence-electron chi connectivity index (χ0n) is 15.3. The molecule has 0 aliphatic heterocycles. The summed E-state index contributed by atoms with van der Waals surface area (Å²) in [6, 6.07) is 12.4. The number of anilines is 2. The summed E-state index contributed by atoms with van der Waals surface area (Å²) in [7, 11) is 0. The molecule has 0 aliphatic rings. The molecule has 1 aromatic heterocycles. The van der Waals surface area contributed by atoms with Crippen molar-refractivity contribution in [1.29, 1.82) is 0 Å². The first kappa shape index (κ1) is 19.5. The van der Waals surface area contributed by atoms with Gasteiger partial charge in [-0.25, -0.2) is 9.37 Å². The van der Waals surface area contributed by atoms with Crippen molar-refractivity contribution in [3.05, 3.63) is 70.5 Å². The van der Waals surface area contributed by atoms with Crippen molar-refractivity contribution in [2.45, 2.75) is 13.8 Å². The summed E-state index contributed by atoms with van der Waals surface area (Å²) in [6.45, 7) is 3.43. The van der Waals surface area contributed by atoms with Gasteiger partial charge in [0.2, 0.25) is 0 Å². The number of benzene rings is 2. The lowest BCUT2D eigenvalue weighted by atomic mass is 10.2. The quantitative estimate of drug-likeness (QED) is 0.652. The second-order valence-corrected chi connectivity index (χ2v) is 7.13. The zero-order valence-corrected chi connectivity index (χ0v) is 16.1. The second kappa shape index (κ2) is 8.62. The molecule has 3 rings (SSSR count). The molecule has 0 unspecified atom stereocenters. The Bertz CT molecular complexity index is 1000. The summed E-state index contributed by atoms with van der Waals surface area (Å²) in [5, 5.41) is 5.66. The maximum atomic E-state index is 13.6. The molecule has 6 nitrogen and oxygen atoms in total. The fraction of sp³-hybridized carbons (Fsp3) is 0.150. The standard InChI is InChI=1S/C20H18FN3O3S/c1-12-13(2)28-20(22-12)24-19(26)14-7-3-6-10-17(14)27-11-18(25)23-16-9-5-4-8-15(16)21/h3-10H,11H2,1-2H3,(H,23,25)(H,22,24,26). The van der Waals surface area contributed by atoms with Crippen LogP contribution in [0.4, 0.5) is 15.2 Å². The Balaban J connectivity index is 1.65. The number of ether oxygens (including phenoxy) is 1. The van der Waals surface area contributed by atoms with Crippen LogP contribution in [0.25, 0.3) is 0 Å². The number of aromatic nitrogens is 1. The van der Waals surface area contributed by atoms with E-state index in [-0.39, 0.29) is 29.5 Å². The highest BCUT2D eigenvalue weighted by Gasteiger charge is 2.16. The fourth-order valence-electron chi connectivity index (χ4n) is 2.36. The lowest BCUT2D eigenvalue weighted by Crippen LogP contribution is -2.22. The number of rotatable bonds is 6. The highest BCUT2D eigenvalue weighted by Crippen LogP contribution is 2.24. The van der Waals surface area contributed by atoms with Gasteiger partial charge in [0.25, 0.3) is 11.8 Å². The Morgan fingerprint density at radius 3 is 2.50 bits per heavy atom. The SMILES string of the molecule is Cc1nc(NC(=O)c2ccccc2OCC(=O)Nc2ccccc2F)sc1C. The minimum atomic E-state index is -0.537. The largest absolute Gasteiger partial charge is 0.483 e. The van der Waals surface area contributed by atoms with E-state index in [1.807, 2.05) is 13.8 Å². The topological polar surface area (TPSA) is 80.3 Å². The Hall–Kier alpha value is -3.26. The van der Waals surface area contributed by atoms with Gasteiger partial charge in [0.15, 0.2) is 11.7 Å². The third kappa shape index (κ3) is 4.72. The summed E-state index contributed by atoms with van der Waals surface area (Å²) in [5.74, 6) is -1.22. The van der Waals surface area contributed by atoms with Gasteiger partial charge in [-0.2, -0.15) is 0 Å². The smallest absolute Gasteiger partial charge is 0.262 e. The number of nitrogens with one attached hydrogen (secondary N) is 2. The number of thiazole rings is 1. The molecule has 0 fully saturated rings. The van der Waals surface area contributed by atoms with Crippen LogP contribution in [0.15, 0.2) is 48.5 Å². The van der Waals surface area contributed by atoms with Gasteiger partial charge in [0.1, 0.15) is 11.6 Å². The van der Waals surface area contributed by atoms with Gasteiger partial charge in [-0.1, -0.05) is 24.3 Å². The molecule has 2 aromatic carbocycles. The van der Waals surface area contributed by atoms with E-state index in [4.69, 9.17) is 4.74 Å². The van der Waals surface area contributed by atoms with Gasteiger partial charge in [0, 0.05) is 4.88 Å². The summed E-state index contributed by atoms with van der Waals surface area (Å²) in [4.78, 5) is 29.9. The van der Waals surface area contributed by atoms with Crippen LogP contribution in [0.5, 0.6) is 5.75 Å². The van der Waals surface area contributed by atoms with Crippen molar-refractivity contribution < 1.29 is 18.7 Å². The minimum Gasteiger partial charge on any atom is -0.483 e. The number of carbonyl (C=O) groups is 2. The molecule has 144 valence electrons. The average molecular weight is 399 g/mol. The van der Waals surface area contributed by atoms with E-state index in [0.29, 0.717) is 5.13 Å². The summed E-state index contributed by atoms with van der Waals surface area (Å²) >= 11 is 1.38. The lowest BCUT2D eigenvalue weighted by molar-refractivity contribution is -0.118. The van der Waals surface area contributed by atoms with Gasteiger partial charge in [-0.05, 0) is 38.1 Å². The molecule has 0 aliphatic carbocycles. The molecule has 0 atom stereocenters. The molecule has 3 aromatic rings. The number of halogens is 1. The van der Waals surface area contributed by atoms with Crippen LogP contribution in [0.2, 0.25) is 0 Å². The van der Waals surface area contributed by atoms with Crippen LogP contribution in [0, 0.1) is 19.7 Å². The van der Waals surface area contributed by atoms with E-state index in [0.717, 1.165) is 10.6 Å². The minimum absolute atomic E-state index is 0.0663. The normalized spacial score (nSPS) is 10.4. The van der Waals surface area contributed by atoms with E-state index >= 15 is 0 Å². The molecule has 1 heterocycles. The van der Waals surface area contributed by atoms with Crippen molar-refractivity contribution in [2.75, 3.05) is 17.2 Å². The number of hydrogen-bond acceptors (Lipinski definition) is 5. The number of para-hydroxylation sites is 2. The molecule has 0 saturated heterocycles. The van der Waals surface area contributed by atoms with Crippen LogP contribution >= 0.6 is 11.3 Å². The van der Waals surface area contributed by atoms with Crippen molar-refractivity contribution in [3.63, 3.8) is 0 Å². The van der Waals surface area contributed by atoms with Gasteiger partial charge in [-0.3, -0.25) is 14.9 Å². The first-order chi connectivity index (χ1) is 13.4. The Kier molecular flexibility index (Phi) is 6.00. The first-order valence-electron chi connectivity index (χ1n) is 8.45. The molecule has 0 spiro atoms. The molecular formula is C20H18FN3O3S. The molecular weight excluding hydrogens is 381 g/mol. The molecule has 8 heteroatoms. The summed E-state index contributed by atoms with van der Waals surface area (Å²) in [5.41, 5.74) is 1.19. The first-order valence-corrected chi connectivity index (χ1v) is 9.27. The second-order valence-electron chi connectivity index (χ2n) is 5.93. The van der Waals surface area contributed by atoms with Gasteiger partial charge < -0.3 is 10.1 Å². The zero-order chi connectivity index (χ0) is 20.1. The molecule has 2 amide bonds. The van der Waals surface area contributed by atoms with E-state index in [9.17, 15) is 14.0 Å². The van der Waals surface area contributed by atoms with Crippen molar-refractivity contribution in [3.8, 4) is 5.75 Å². The Labute approximate surface area is 165 Å². The summed E-state index contributed by atoms with van der Waals surface area (Å²) < 4.78 is 19.1. The lowest BCUT2D eigenvalue weighted by Gasteiger charge is -2.11. The highest BCUT2D eigenvalue weighted by molar-refractivity contribution is 7.15. The van der Waals surface area contributed by atoms with E-state index in [1.54, 1.807) is 30.3 Å². The Morgan fingerprint density at radius 2 is 1.79 bits per heavy atom. The van der Waals surface area contributed by atoms with Crippen molar-refractivity contribution in [1.82, 2.24) is 4.98 Å². The third-order valence-corrected chi connectivity index (χ3v) is 4.88. The number of nitrogens with zero attached hydrogens (tertiary/aromatic N) is 1. The Morgan fingerprint density at radius 1 is 1.07 bits per heavy atom.